The number of nitrogens with zero attached hydrogens (tertiary/aromatic N) is 2. The lowest BCUT2D eigenvalue weighted by Gasteiger charge is -2.38. The zero-order valence-electron chi connectivity index (χ0n) is 21.2. The van der Waals surface area contributed by atoms with Gasteiger partial charge in [0.2, 0.25) is 5.75 Å². The second-order valence-electron chi connectivity index (χ2n) is 9.49. The van der Waals surface area contributed by atoms with E-state index < -0.39 is 11.7 Å². The average molecular weight is 505 g/mol. The second-order valence-corrected chi connectivity index (χ2v) is 9.49. The number of benzene rings is 2. The van der Waals surface area contributed by atoms with E-state index in [0.29, 0.717) is 24.8 Å². The van der Waals surface area contributed by atoms with Gasteiger partial charge in [-0.05, 0) is 42.3 Å². The molecule has 1 aromatic heterocycles. The summed E-state index contributed by atoms with van der Waals surface area (Å²) in [5.41, 5.74) is 3.80. The second kappa shape index (κ2) is 12.6. The summed E-state index contributed by atoms with van der Waals surface area (Å²) >= 11 is 0. The summed E-state index contributed by atoms with van der Waals surface area (Å²) in [6.45, 7) is 5.06. The first-order valence-corrected chi connectivity index (χ1v) is 12.5. The first kappa shape index (κ1) is 26.6. The molecule has 8 heteroatoms. The molecule has 2 atom stereocenters. The third kappa shape index (κ3) is 7.49. The van der Waals surface area contributed by atoms with Crippen molar-refractivity contribution in [2.75, 3.05) is 33.3 Å². The van der Waals surface area contributed by atoms with E-state index in [2.05, 4.69) is 44.2 Å². The molecule has 2 unspecified atom stereocenters. The fraction of sp³-hybridized carbons (Fsp3) is 0.379. The van der Waals surface area contributed by atoms with Crippen LogP contribution in [0.4, 0.5) is 4.39 Å². The predicted octanol–water partition coefficient (Wildman–Crippen LogP) is 2.98. The molecule has 1 fully saturated rings. The van der Waals surface area contributed by atoms with Gasteiger partial charge >= 0.3 is 0 Å². The number of likely N-dealkylation sites (tertiary alicyclic amines) is 1. The van der Waals surface area contributed by atoms with Crippen molar-refractivity contribution in [1.29, 1.82) is 0 Å². The molecule has 3 N–H and O–H groups in total. The molecule has 3 aromatic rings. The van der Waals surface area contributed by atoms with Crippen LogP contribution in [0.5, 0.6) is 5.75 Å². The first-order chi connectivity index (χ1) is 17.9. The Balaban J connectivity index is 1.41. The normalized spacial score (nSPS) is 15.4. The Kier molecular flexibility index (Phi) is 9.07. The van der Waals surface area contributed by atoms with Crippen LogP contribution in [0, 0.1) is 11.8 Å². The van der Waals surface area contributed by atoms with E-state index in [0.717, 1.165) is 36.3 Å². The minimum atomic E-state index is -0.975. The molecule has 194 valence electrons. The van der Waals surface area contributed by atoms with Crippen LogP contribution in [0.15, 0.2) is 59.7 Å². The van der Waals surface area contributed by atoms with Gasteiger partial charge in [-0.2, -0.15) is 0 Å². The van der Waals surface area contributed by atoms with E-state index in [1.807, 2.05) is 36.4 Å². The van der Waals surface area contributed by atoms with E-state index in [1.54, 1.807) is 7.11 Å². The van der Waals surface area contributed by atoms with Crippen LogP contribution in [0.2, 0.25) is 0 Å². The fourth-order valence-electron chi connectivity index (χ4n) is 4.31. The quantitative estimate of drug-likeness (QED) is 0.368. The van der Waals surface area contributed by atoms with Crippen LogP contribution >= 0.6 is 0 Å². The summed E-state index contributed by atoms with van der Waals surface area (Å²) in [6, 6.07) is 16.2. The van der Waals surface area contributed by atoms with Gasteiger partial charge in [0.25, 0.3) is 5.56 Å². The van der Waals surface area contributed by atoms with Gasteiger partial charge in [-0.15, -0.1) is 0 Å². The van der Waals surface area contributed by atoms with Crippen LogP contribution in [0.3, 0.4) is 0 Å². The smallest absolute Gasteiger partial charge is 0.293 e. The summed E-state index contributed by atoms with van der Waals surface area (Å²) in [5, 5.41) is 13.2. The van der Waals surface area contributed by atoms with Crippen molar-refractivity contribution in [1.82, 2.24) is 20.2 Å². The van der Waals surface area contributed by atoms with Gasteiger partial charge < -0.3 is 20.1 Å². The number of hydrogen-bond donors (Lipinski definition) is 3. The lowest BCUT2D eigenvalue weighted by Crippen LogP contribution is -2.50. The third-order valence-corrected chi connectivity index (χ3v) is 6.51. The number of methoxy groups -OCH3 is 1. The Bertz CT molecular complexity index is 1270. The van der Waals surface area contributed by atoms with Crippen LogP contribution in [0.25, 0.3) is 0 Å². The topological polar surface area (TPSA) is 90.5 Å². The molecule has 2 aromatic carbocycles. The Labute approximate surface area is 216 Å². The minimum Gasteiger partial charge on any atom is -0.502 e. The van der Waals surface area contributed by atoms with Crippen LogP contribution in [-0.2, 0) is 17.7 Å². The number of aromatic nitrogens is 2. The average Bonchev–Trinajstić information content (AvgIpc) is 2.87. The number of nitrogens with one attached hydrogen (secondary N) is 2. The highest BCUT2D eigenvalue weighted by atomic mass is 19.1. The Morgan fingerprint density at radius 3 is 2.41 bits per heavy atom. The van der Waals surface area contributed by atoms with E-state index in [9.17, 15) is 14.3 Å². The van der Waals surface area contributed by atoms with Crippen LogP contribution in [0.1, 0.15) is 40.8 Å². The van der Waals surface area contributed by atoms with Crippen molar-refractivity contribution in [3.05, 3.63) is 93.2 Å². The van der Waals surface area contributed by atoms with Gasteiger partial charge in [0.1, 0.15) is 6.17 Å². The number of aromatic amines is 1. The number of rotatable bonds is 10. The summed E-state index contributed by atoms with van der Waals surface area (Å²) < 4.78 is 18.6. The van der Waals surface area contributed by atoms with Gasteiger partial charge in [-0.3, -0.25) is 9.69 Å². The van der Waals surface area contributed by atoms with Crippen LogP contribution < -0.4 is 10.9 Å². The first-order valence-electron chi connectivity index (χ1n) is 12.5. The SMILES string of the molecule is COC1CN(Cc2ccc(C#Cc3ccc(C(CNCC(C)F)Cc4nc[nH]c(=O)c4O)cc3)cc2)C1. The zero-order valence-corrected chi connectivity index (χ0v) is 21.2. The Morgan fingerprint density at radius 2 is 1.78 bits per heavy atom. The molecule has 0 amide bonds. The van der Waals surface area contributed by atoms with Gasteiger partial charge in [0, 0.05) is 63.3 Å². The van der Waals surface area contributed by atoms with Gasteiger partial charge in [-0.25, -0.2) is 9.37 Å². The largest absolute Gasteiger partial charge is 0.502 e. The monoisotopic (exact) mass is 504 g/mol. The van der Waals surface area contributed by atoms with E-state index in [1.165, 1.54) is 18.8 Å². The molecule has 2 heterocycles. The van der Waals surface area contributed by atoms with E-state index in [-0.39, 0.29) is 18.2 Å². The van der Waals surface area contributed by atoms with Gasteiger partial charge in [0.05, 0.1) is 18.1 Å². The van der Waals surface area contributed by atoms with Crippen molar-refractivity contribution < 1.29 is 14.2 Å². The summed E-state index contributed by atoms with van der Waals surface area (Å²) in [5.74, 6) is 5.93. The van der Waals surface area contributed by atoms with Crippen LogP contribution in [-0.4, -0.2) is 65.5 Å². The molecule has 37 heavy (non-hydrogen) atoms. The Hall–Kier alpha value is -3.51. The Morgan fingerprint density at radius 1 is 1.14 bits per heavy atom. The van der Waals surface area contributed by atoms with Crippen molar-refractivity contribution in [3.63, 3.8) is 0 Å². The summed E-state index contributed by atoms with van der Waals surface area (Å²) in [4.78, 5) is 20.6. The van der Waals surface area contributed by atoms with Crippen molar-refractivity contribution in [3.8, 4) is 17.6 Å². The van der Waals surface area contributed by atoms with Crippen molar-refractivity contribution in [2.24, 2.45) is 0 Å². The molecule has 0 bridgehead atoms. The lowest BCUT2D eigenvalue weighted by molar-refractivity contribution is -0.0333. The number of halogens is 1. The summed E-state index contributed by atoms with van der Waals surface area (Å²) in [6.07, 6.45) is 0.994. The predicted molar refractivity (Wildman–Crippen MR) is 141 cm³/mol. The molecular formula is C29H33FN4O3. The number of H-pyrrole nitrogens is 1. The highest BCUT2D eigenvalue weighted by Crippen LogP contribution is 2.23. The molecule has 7 nitrogen and oxygen atoms in total. The summed E-state index contributed by atoms with van der Waals surface area (Å²) in [7, 11) is 1.76. The minimum absolute atomic E-state index is 0.112. The molecular weight excluding hydrogens is 471 g/mol. The number of aromatic hydroxyl groups is 1. The van der Waals surface area contributed by atoms with Gasteiger partial charge in [-0.1, -0.05) is 36.1 Å². The molecule has 0 aliphatic carbocycles. The fourth-order valence-corrected chi connectivity index (χ4v) is 4.31. The number of hydrogen-bond acceptors (Lipinski definition) is 6. The van der Waals surface area contributed by atoms with E-state index >= 15 is 0 Å². The molecule has 4 rings (SSSR count). The van der Waals surface area contributed by atoms with Crippen molar-refractivity contribution in [2.45, 2.75) is 38.1 Å². The molecule has 0 saturated carbocycles. The molecule has 1 aliphatic rings. The molecule has 1 aliphatic heterocycles. The van der Waals surface area contributed by atoms with E-state index in [4.69, 9.17) is 4.74 Å². The maximum atomic E-state index is 13.3. The number of alkyl halides is 1. The third-order valence-electron chi connectivity index (χ3n) is 6.51. The highest BCUT2D eigenvalue weighted by Gasteiger charge is 2.25. The highest BCUT2D eigenvalue weighted by molar-refractivity contribution is 5.44. The molecule has 1 saturated heterocycles. The van der Waals surface area contributed by atoms with Crippen molar-refractivity contribution >= 4 is 0 Å². The lowest BCUT2D eigenvalue weighted by atomic mass is 9.93. The zero-order chi connectivity index (χ0) is 26.2. The maximum absolute atomic E-state index is 13.3. The number of ether oxygens (including phenoxy) is 1. The molecule has 0 radical (unpaired) electrons. The molecule has 0 spiro atoms. The standard InChI is InChI=1S/C29H33FN4O3/c1-20(30)14-31-15-25(13-27-28(35)29(36)33-19-32-27)24-11-9-22(10-12-24)4-3-21-5-7-23(8-6-21)16-34-17-26(18-34)37-2/h5-12,19-20,25-26,31,35H,13-18H2,1-2H3,(H,32,33,36). The maximum Gasteiger partial charge on any atom is 0.293 e. The van der Waals surface area contributed by atoms with Gasteiger partial charge in [0.15, 0.2) is 0 Å².